The van der Waals surface area contributed by atoms with Crippen LogP contribution in [0.1, 0.15) is 77.3 Å². The van der Waals surface area contributed by atoms with E-state index in [0.717, 1.165) is 17.1 Å². The van der Waals surface area contributed by atoms with E-state index >= 15 is 0 Å². The van der Waals surface area contributed by atoms with Gasteiger partial charge < -0.3 is 9.16 Å². The van der Waals surface area contributed by atoms with Crippen LogP contribution in [0.25, 0.3) is 0 Å². The van der Waals surface area contributed by atoms with Crippen LogP contribution in [0.3, 0.4) is 0 Å². The standard InChI is InChI=1S/C25H37NO2Si/c1-18(2)29(19(3)4,20(5)6)28-17-23-14-15-24(25(26-23)22-12-13-22)27-16-21-10-8-7-9-11-21/h7-11,14-15,18-20,22H,12-13,16-17H2,1-6H3. The zero-order valence-electron chi connectivity index (χ0n) is 18.9. The maximum atomic E-state index is 6.76. The molecule has 4 heteroatoms. The molecule has 0 unspecified atom stereocenters. The van der Waals surface area contributed by atoms with Gasteiger partial charge in [0.2, 0.25) is 8.32 Å². The second kappa shape index (κ2) is 9.44. The fourth-order valence-corrected chi connectivity index (χ4v) is 10.2. The maximum absolute atomic E-state index is 6.76. The summed E-state index contributed by atoms with van der Waals surface area (Å²) in [5.74, 6) is 1.48. The van der Waals surface area contributed by atoms with Gasteiger partial charge in [0.1, 0.15) is 12.4 Å². The highest BCUT2D eigenvalue weighted by atomic mass is 28.4. The Morgan fingerprint density at radius 3 is 2.03 bits per heavy atom. The maximum Gasteiger partial charge on any atom is 0.200 e. The molecule has 1 aromatic heterocycles. The fraction of sp³-hybridized carbons (Fsp3) is 0.560. The van der Waals surface area contributed by atoms with Gasteiger partial charge >= 0.3 is 0 Å². The van der Waals surface area contributed by atoms with Crippen LogP contribution in [0.15, 0.2) is 42.5 Å². The van der Waals surface area contributed by atoms with Gasteiger partial charge in [0, 0.05) is 5.92 Å². The molecule has 0 spiro atoms. The molecule has 1 saturated carbocycles. The van der Waals surface area contributed by atoms with Crippen molar-refractivity contribution >= 4 is 8.32 Å². The normalized spacial score (nSPS) is 14.8. The highest BCUT2D eigenvalue weighted by Gasteiger charge is 2.45. The molecule has 2 aromatic rings. The van der Waals surface area contributed by atoms with Crippen molar-refractivity contribution in [1.29, 1.82) is 0 Å². The van der Waals surface area contributed by atoms with Crippen LogP contribution in [0.5, 0.6) is 5.75 Å². The summed E-state index contributed by atoms with van der Waals surface area (Å²) < 4.78 is 12.9. The Balaban J connectivity index is 1.74. The lowest BCUT2D eigenvalue weighted by molar-refractivity contribution is 0.260. The summed E-state index contributed by atoms with van der Waals surface area (Å²) in [5.41, 5.74) is 5.09. The molecule has 3 rings (SSSR count). The molecule has 0 amide bonds. The summed E-state index contributed by atoms with van der Waals surface area (Å²) in [6.45, 7) is 15.2. The zero-order chi connectivity index (χ0) is 21.0. The summed E-state index contributed by atoms with van der Waals surface area (Å²) in [4.78, 5) is 5.00. The smallest absolute Gasteiger partial charge is 0.200 e. The van der Waals surface area contributed by atoms with Crippen molar-refractivity contribution in [1.82, 2.24) is 4.98 Å². The van der Waals surface area contributed by atoms with Crippen molar-refractivity contribution in [2.45, 2.75) is 90.1 Å². The number of hydrogen-bond donors (Lipinski definition) is 0. The number of benzene rings is 1. The topological polar surface area (TPSA) is 31.4 Å². The van der Waals surface area contributed by atoms with E-state index in [1.54, 1.807) is 0 Å². The third kappa shape index (κ3) is 5.10. The van der Waals surface area contributed by atoms with Crippen LogP contribution in [0, 0.1) is 0 Å². The molecule has 1 fully saturated rings. The molecule has 158 valence electrons. The Bertz CT molecular complexity index is 763. The number of hydrogen-bond acceptors (Lipinski definition) is 3. The van der Waals surface area contributed by atoms with Gasteiger partial charge in [0.05, 0.1) is 18.0 Å². The van der Waals surface area contributed by atoms with Crippen LogP contribution in [-0.2, 0) is 17.6 Å². The van der Waals surface area contributed by atoms with Crippen molar-refractivity contribution in [2.24, 2.45) is 0 Å². The Morgan fingerprint density at radius 1 is 0.862 bits per heavy atom. The van der Waals surface area contributed by atoms with E-state index in [-0.39, 0.29) is 0 Å². The second-order valence-electron chi connectivity index (χ2n) is 9.34. The van der Waals surface area contributed by atoms with Gasteiger partial charge in [0.25, 0.3) is 0 Å². The molecule has 0 aliphatic heterocycles. The first kappa shape index (κ1) is 22.0. The zero-order valence-corrected chi connectivity index (χ0v) is 19.9. The number of aromatic nitrogens is 1. The van der Waals surface area contributed by atoms with Crippen LogP contribution in [0.4, 0.5) is 0 Å². The summed E-state index contributed by atoms with van der Waals surface area (Å²) >= 11 is 0. The van der Waals surface area contributed by atoms with E-state index in [0.29, 0.717) is 35.8 Å². The first-order valence-electron chi connectivity index (χ1n) is 11.1. The first-order chi connectivity index (χ1) is 13.8. The van der Waals surface area contributed by atoms with E-state index < -0.39 is 8.32 Å². The molecular formula is C25H37NO2Si. The summed E-state index contributed by atoms with van der Waals surface area (Å²) in [5, 5.41) is 0. The predicted molar refractivity (Wildman–Crippen MR) is 123 cm³/mol. The molecule has 0 saturated heterocycles. The lowest BCUT2D eigenvalue weighted by atomic mass is 10.2. The predicted octanol–water partition coefficient (Wildman–Crippen LogP) is 7.23. The number of rotatable bonds is 10. The number of ether oxygens (including phenoxy) is 1. The average molecular weight is 412 g/mol. The Hall–Kier alpha value is -1.65. The van der Waals surface area contributed by atoms with Gasteiger partial charge in [-0.1, -0.05) is 71.9 Å². The third-order valence-electron chi connectivity index (χ3n) is 6.32. The first-order valence-corrected chi connectivity index (χ1v) is 13.3. The lowest BCUT2D eigenvalue weighted by Gasteiger charge is -2.42. The van der Waals surface area contributed by atoms with Gasteiger partial charge in [-0.15, -0.1) is 0 Å². The molecular weight excluding hydrogens is 374 g/mol. The minimum atomic E-state index is -1.88. The van der Waals surface area contributed by atoms with Crippen molar-refractivity contribution in [3.8, 4) is 5.75 Å². The van der Waals surface area contributed by atoms with Crippen LogP contribution < -0.4 is 4.74 Å². The minimum Gasteiger partial charge on any atom is -0.487 e. The SMILES string of the molecule is CC(C)[Si](OCc1ccc(OCc2ccccc2)c(C2CC2)n1)(C(C)C)C(C)C. The third-order valence-corrected chi connectivity index (χ3v) is 12.4. The molecule has 1 aliphatic rings. The molecule has 0 radical (unpaired) electrons. The van der Waals surface area contributed by atoms with E-state index in [4.69, 9.17) is 14.1 Å². The Labute approximate surface area is 178 Å². The van der Waals surface area contributed by atoms with E-state index in [2.05, 4.69) is 65.8 Å². The summed E-state index contributed by atoms with van der Waals surface area (Å²) in [6, 6.07) is 14.5. The van der Waals surface area contributed by atoms with E-state index in [1.807, 2.05) is 18.2 Å². The molecule has 1 aromatic carbocycles. The molecule has 3 nitrogen and oxygen atoms in total. The second-order valence-corrected chi connectivity index (χ2v) is 14.8. The van der Waals surface area contributed by atoms with Gasteiger partial charge in [-0.2, -0.15) is 0 Å². The van der Waals surface area contributed by atoms with E-state index in [9.17, 15) is 0 Å². The molecule has 1 heterocycles. The molecule has 1 aliphatic carbocycles. The minimum absolute atomic E-state index is 0.544. The van der Waals surface area contributed by atoms with Gasteiger partial charge in [-0.3, -0.25) is 4.98 Å². The molecule has 29 heavy (non-hydrogen) atoms. The molecule has 0 N–H and O–H groups in total. The highest BCUT2D eigenvalue weighted by molar-refractivity contribution is 6.77. The largest absolute Gasteiger partial charge is 0.487 e. The Morgan fingerprint density at radius 2 is 1.48 bits per heavy atom. The van der Waals surface area contributed by atoms with E-state index in [1.165, 1.54) is 18.4 Å². The number of nitrogens with zero attached hydrogens (tertiary/aromatic N) is 1. The summed E-state index contributed by atoms with van der Waals surface area (Å²) in [7, 11) is -1.88. The van der Waals surface area contributed by atoms with Crippen molar-refractivity contribution in [2.75, 3.05) is 0 Å². The van der Waals surface area contributed by atoms with Gasteiger partial charge in [-0.05, 0) is 47.2 Å². The average Bonchev–Trinajstić information content (AvgIpc) is 3.52. The van der Waals surface area contributed by atoms with Crippen molar-refractivity contribution in [3.05, 3.63) is 59.4 Å². The van der Waals surface area contributed by atoms with Crippen LogP contribution in [-0.4, -0.2) is 13.3 Å². The number of pyridine rings is 1. The highest BCUT2D eigenvalue weighted by Crippen LogP contribution is 2.45. The fourth-order valence-electron chi connectivity index (χ4n) is 4.79. The monoisotopic (exact) mass is 411 g/mol. The molecule has 0 atom stereocenters. The van der Waals surface area contributed by atoms with Gasteiger partial charge in [-0.25, -0.2) is 0 Å². The Kier molecular flexibility index (Phi) is 7.17. The lowest BCUT2D eigenvalue weighted by Crippen LogP contribution is -2.47. The summed E-state index contributed by atoms with van der Waals surface area (Å²) in [6.07, 6.45) is 2.42. The van der Waals surface area contributed by atoms with Crippen molar-refractivity contribution in [3.63, 3.8) is 0 Å². The molecule has 0 bridgehead atoms. The van der Waals surface area contributed by atoms with Crippen LogP contribution in [0.2, 0.25) is 16.6 Å². The van der Waals surface area contributed by atoms with Crippen molar-refractivity contribution < 1.29 is 9.16 Å². The van der Waals surface area contributed by atoms with Crippen LogP contribution >= 0.6 is 0 Å². The van der Waals surface area contributed by atoms with Gasteiger partial charge in [0.15, 0.2) is 0 Å². The quantitative estimate of drug-likeness (QED) is 0.386.